The summed E-state index contributed by atoms with van der Waals surface area (Å²) in [6.07, 6.45) is 0.450. The maximum absolute atomic E-state index is 12.2. The van der Waals surface area contributed by atoms with Crippen molar-refractivity contribution in [3.63, 3.8) is 0 Å². The SMILES string of the molecule is C=C(C)CN1CC(=O)N2CC[C@@H](O)C[C@H]2C1=O. The van der Waals surface area contributed by atoms with Crippen LogP contribution < -0.4 is 0 Å². The molecule has 0 aromatic rings. The molecule has 0 saturated carbocycles. The molecule has 2 rings (SSSR count). The minimum absolute atomic E-state index is 0.0252. The van der Waals surface area contributed by atoms with E-state index in [1.54, 1.807) is 4.90 Å². The van der Waals surface area contributed by atoms with Crippen molar-refractivity contribution in [2.24, 2.45) is 0 Å². The van der Waals surface area contributed by atoms with Gasteiger partial charge in [-0.15, -0.1) is 0 Å². The number of nitrogens with zero attached hydrogens (tertiary/aromatic N) is 2. The molecule has 2 aliphatic rings. The number of piperidine rings is 1. The molecule has 2 fully saturated rings. The Labute approximate surface area is 101 Å². The maximum atomic E-state index is 12.2. The van der Waals surface area contributed by atoms with Crippen molar-refractivity contribution >= 4 is 11.8 Å². The van der Waals surface area contributed by atoms with Gasteiger partial charge in [0.15, 0.2) is 0 Å². The van der Waals surface area contributed by atoms with E-state index in [4.69, 9.17) is 0 Å². The lowest BCUT2D eigenvalue weighted by molar-refractivity contribution is -0.159. The molecule has 5 nitrogen and oxygen atoms in total. The first-order chi connectivity index (χ1) is 7.99. The zero-order chi connectivity index (χ0) is 12.6. The number of hydrogen-bond acceptors (Lipinski definition) is 3. The molecular formula is C12H18N2O3. The van der Waals surface area contributed by atoms with Crippen molar-refractivity contribution in [3.8, 4) is 0 Å². The zero-order valence-electron chi connectivity index (χ0n) is 10.1. The van der Waals surface area contributed by atoms with Crippen LogP contribution in [0.4, 0.5) is 0 Å². The Balaban J connectivity index is 2.14. The molecule has 17 heavy (non-hydrogen) atoms. The first-order valence-electron chi connectivity index (χ1n) is 5.89. The smallest absolute Gasteiger partial charge is 0.246 e. The van der Waals surface area contributed by atoms with Gasteiger partial charge in [0.1, 0.15) is 12.6 Å². The Morgan fingerprint density at radius 1 is 1.53 bits per heavy atom. The fourth-order valence-corrected chi connectivity index (χ4v) is 2.48. The largest absolute Gasteiger partial charge is 0.393 e. The van der Waals surface area contributed by atoms with E-state index < -0.39 is 12.1 Å². The molecule has 0 spiro atoms. The van der Waals surface area contributed by atoms with Crippen LogP contribution in [-0.4, -0.2) is 58.5 Å². The molecular weight excluding hydrogens is 220 g/mol. The monoisotopic (exact) mass is 238 g/mol. The first kappa shape index (κ1) is 12.1. The Morgan fingerprint density at radius 2 is 2.24 bits per heavy atom. The van der Waals surface area contributed by atoms with Crippen LogP contribution in [0.25, 0.3) is 0 Å². The second-order valence-electron chi connectivity index (χ2n) is 4.93. The summed E-state index contributed by atoms with van der Waals surface area (Å²) < 4.78 is 0. The van der Waals surface area contributed by atoms with Gasteiger partial charge in [-0.3, -0.25) is 9.59 Å². The van der Waals surface area contributed by atoms with Crippen LogP contribution in [-0.2, 0) is 9.59 Å². The maximum Gasteiger partial charge on any atom is 0.246 e. The molecule has 0 unspecified atom stereocenters. The van der Waals surface area contributed by atoms with Crippen LogP contribution >= 0.6 is 0 Å². The number of amides is 2. The van der Waals surface area contributed by atoms with Crippen molar-refractivity contribution < 1.29 is 14.7 Å². The van der Waals surface area contributed by atoms with Crippen molar-refractivity contribution in [3.05, 3.63) is 12.2 Å². The summed E-state index contributed by atoms with van der Waals surface area (Å²) in [5.41, 5.74) is 0.857. The summed E-state index contributed by atoms with van der Waals surface area (Å²) in [4.78, 5) is 27.2. The van der Waals surface area contributed by atoms with Gasteiger partial charge in [-0.05, 0) is 13.3 Å². The van der Waals surface area contributed by atoms with Gasteiger partial charge in [0.25, 0.3) is 0 Å². The topological polar surface area (TPSA) is 60.9 Å². The van der Waals surface area contributed by atoms with Gasteiger partial charge >= 0.3 is 0 Å². The van der Waals surface area contributed by atoms with E-state index in [1.807, 2.05) is 6.92 Å². The molecule has 2 heterocycles. The van der Waals surface area contributed by atoms with E-state index in [-0.39, 0.29) is 18.4 Å². The molecule has 0 bridgehead atoms. The van der Waals surface area contributed by atoms with Crippen molar-refractivity contribution in [2.45, 2.75) is 31.9 Å². The Bertz CT molecular complexity index is 367. The molecule has 0 aromatic carbocycles. The van der Waals surface area contributed by atoms with Crippen LogP contribution in [0.1, 0.15) is 19.8 Å². The Kier molecular flexibility index (Phi) is 3.19. The van der Waals surface area contributed by atoms with Crippen molar-refractivity contribution in [1.29, 1.82) is 0 Å². The minimum Gasteiger partial charge on any atom is -0.393 e. The van der Waals surface area contributed by atoms with E-state index >= 15 is 0 Å². The predicted octanol–water partition coefficient (Wildman–Crippen LogP) is -0.243. The van der Waals surface area contributed by atoms with Crippen LogP contribution in [0.5, 0.6) is 0 Å². The van der Waals surface area contributed by atoms with Gasteiger partial charge in [0, 0.05) is 19.5 Å². The highest BCUT2D eigenvalue weighted by molar-refractivity contribution is 5.95. The lowest BCUT2D eigenvalue weighted by atomic mass is 9.96. The van der Waals surface area contributed by atoms with Gasteiger partial charge in [0.2, 0.25) is 11.8 Å². The van der Waals surface area contributed by atoms with E-state index in [0.29, 0.717) is 25.9 Å². The lowest BCUT2D eigenvalue weighted by Gasteiger charge is -2.44. The third kappa shape index (κ3) is 2.34. The quantitative estimate of drug-likeness (QED) is 0.675. The van der Waals surface area contributed by atoms with Crippen LogP contribution in [0.15, 0.2) is 12.2 Å². The lowest BCUT2D eigenvalue weighted by Crippen LogP contribution is -2.62. The van der Waals surface area contributed by atoms with Gasteiger partial charge in [0.05, 0.1) is 6.10 Å². The average Bonchev–Trinajstić information content (AvgIpc) is 2.24. The zero-order valence-corrected chi connectivity index (χ0v) is 10.1. The van der Waals surface area contributed by atoms with Gasteiger partial charge in [-0.1, -0.05) is 12.2 Å². The molecule has 2 aliphatic heterocycles. The average molecular weight is 238 g/mol. The Morgan fingerprint density at radius 3 is 2.88 bits per heavy atom. The van der Waals surface area contributed by atoms with Gasteiger partial charge in [-0.25, -0.2) is 0 Å². The highest BCUT2D eigenvalue weighted by Gasteiger charge is 2.42. The summed E-state index contributed by atoms with van der Waals surface area (Å²) >= 11 is 0. The molecule has 0 aliphatic carbocycles. The molecule has 2 atom stereocenters. The molecule has 0 aromatic heterocycles. The second kappa shape index (κ2) is 4.49. The summed E-state index contributed by atoms with van der Waals surface area (Å²) in [6, 6.07) is -0.473. The van der Waals surface area contributed by atoms with Crippen molar-refractivity contribution in [2.75, 3.05) is 19.6 Å². The normalized spacial score (nSPS) is 29.3. The number of carbonyl (C=O) groups is 2. The third-order valence-corrected chi connectivity index (χ3v) is 3.28. The number of carbonyl (C=O) groups excluding carboxylic acids is 2. The number of rotatable bonds is 2. The standard InChI is InChI=1S/C12H18N2O3/c1-8(2)6-13-7-11(16)14-4-3-9(15)5-10(14)12(13)17/h9-10,15H,1,3-7H2,2H3/t9-,10+/m1/s1. The highest BCUT2D eigenvalue weighted by atomic mass is 16.3. The molecule has 1 N–H and O–H groups in total. The molecule has 5 heteroatoms. The number of fused-ring (bicyclic) bond motifs is 1. The first-order valence-corrected chi connectivity index (χ1v) is 5.89. The van der Waals surface area contributed by atoms with Crippen molar-refractivity contribution in [1.82, 2.24) is 9.80 Å². The predicted molar refractivity (Wildman–Crippen MR) is 62.1 cm³/mol. The fourth-order valence-electron chi connectivity index (χ4n) is 2.48. The number of aliphatic hydroxyl groups is 1. The van der Waals surface area contributed by atoms with E-state index in [1.165, 1.54) is 4.90 Å². The summed E-state index contributed by atoms with van der Waals surface area (Å²) in [5, 5.41) is 9.59. The summed E-state index contributed by atoms with van der Waals surface area (Å²) in [7, 11) is 0. The van der Waals surface area contributed by atoms with Crippen LogP contribution in [0.2, 0.25) is 0 Å². The second-order valence-corrected chi connectivity index (χ2v) is 4.93. The Hall–Kier alpha value is -1.36. The summed E-state index contributed by atoms with van der Waals surface area (Å²) in [6.45, 7) is 6.63. The molecule has 2 saturated heterocycles. The van der Waals surface area contributed by atoms with Crippen LogP contribution in [0.3, 0.4) is 0 Å². The van der Waals surface area contributed by atoms with E-state index in [2.05, 4.69) is 6.58 Å². The van der Waals surface area contributed by atoms with E-state index in [0.717, 1.165) is 5.57 Å². The third-order valence-electron chi connectivity index (χ3n) is 3.28. The fraction of sp³-hybridized carbons (Fsp3) is 0.667. The number of piperazine rings is 1. The summed E-state index contributed by atoms with van der Waals surface area (Å²) in [5.74, 6) is -0.0888. The van der Waals surface area contributed by atoms with Gasteiger partial charge in [-0.2, -0.15) is 0 Å². The number of hydrogen-bond donors (Lipinski definition) is 1. The van der Waals surface area contributed by atoms with E-state index in [9.17, 15) is 14.7 Å². The molecule has 2 amide bonds. The molecule has 94 valence electrons. The molecule has 0 radical (unpaired) electrons. The number of aliphatic hydroxyl groups excluding tert-OH is 1. The van der Waals surface area contributed by atoms with Crippen LogP contribution in [0, 0.1) is 0 Å². The minimum atomic E-state index is -0.474. The highest BCUT2D eigenvalue weighted by Crippen LogP contribution is 2.23. The van der Waals surface area contributed by atoms with Gasteiger partial charge < -0.3 is 14.9 Å².